The van der Waals surface area contributed by atoms with Gasteiger partial charge in [-0.3, -0.25) is 14.6 Å². The standard InChI is InChI=1S/C27H30F3N3O2/c1-3-4-9-21(34)22(16-10-11-16)25(35)24-26(31)33(2)20-8-6-5-7-19(20)23(32-24)17-12-14-18(15-13-17)27(28,29)30/h5-8,12-16,22,24,26H,3-4,9-11,31H2,1-2H3. The molecule has 3 atom stereocenters. The number of benzene rings is 2. The maximum absolute atomic E-state index is 13.8. The number of fused-ring (bicyclic) bond motifs is 1. The van der Waals surface area contributed by atoms with Gasteiger partial charge in [0.1, 0.15) is 18.0 Å². The number of Topliss-reactive ketones (excluding diaryl/α,β-unsaturated/α-hetero) is 2. The lowest BCUT2D eigenvalue weighted by atomic mass is 9.86. The molecule has 0 saturated heterocycles. The van der Waals surface area contributed by atoms with E-state index in [0.29, 0.717) is 28.9 Å². The molecule has 0 bridgehead atoms. The number of halogens is 3. The zero-order valence-electron chi connectivity index (χ0n) is 19.9. The molecule has 1 saturated carbocycles. The minimum absolute atomic E-state index is 0.0136. The molecule has 2 aromatic carbocycles. The van der Waals surface area contributed by atoms with Gasteiger partial charge in [-0.05, 0) is 43.4 Å². The SMILES string of the molecule is CCCCC(=O)C(C(=O)C1N=C(c2ccc(C(F)(F)F)cc2)c2ccccc2N(C)C1N)C1CC1. The summed E-state index contributed by atoms with van der Waals surface area (Å²) in [4.78, 5) is 33.4. The number of rotatable bonds is 8. The predicted octanol–water partition coefficient (Wildman–Crippen LogP) is 5.00. The minimum atomic E-state index is -4.46. The van der Waals surface area contributed by atoms with E-state index in [1.807, 2.05) is 25.1 Å². The minimum Gasteiger partial charge on any atom is -0.356 e. The molecule has 0 aromatic heterocycles. The van der Waals surface area contributed by atoms with Gasteiger partial charge >= 0.3 is 6.18 Å². The van der Waals surface area contributed by atoms with Crippen molar-refractivity contribution in [1.82, 2.24) is 0 Å². The van der Waals surface area contributed by atoms with Crippen molar-refractivity contribution >= 4 is 23.0 Å². The summed E-state index contributed by atoms with van der Waals surface area (Å²) in [5, 5.41) is 0. The van der Waals surface area contributed by atoms with E-state index in [1.54, 1.807) is 18.0 Å². The molecule has 5 nitrogen and oxygen atoms in total. The fourth-order valence-electron chi connectivity index (χ4n) is 4.69. The lowest BCUT2D eigenvalue weighted by molar-refractivity contribution is -0.138. The van der Waals surface area contributed by atoms with Gasteiger partial charge in [0.05, 0.1) is 17.2 Å². The third-order valence-electron chi connectivity index (χ3n) is 6.88. The summed E-state index contributed by atoms with van der Waals surface area (Å²) in [6, 6.07) is 11.0. The average Bonchev–Trinajstić information content (AvgIpc) is 3.67. The van der Waals surface area contributed by atoms with Crippen LogP contribution in [0.3, 0.4) is 0 Å². The third-order valence-corrected chi connectivity index (χ3v) is 6.88. The Morgan fingerprint density at radius 2 is 1.77 bits per heavy atom. The van der Waals surface area contributed by atoms with Gasteiger partial charge in [0.25, 0.3) is 0 Å². The largest absolute Gasteiger partial charge is 0.416 e. The number of carbonyl (C=O) groups is 2. The first-order chi connectivity index (χ1) is 16.6. The number of ketones is 2. The predicted molar refractivity (Wildman–Crippen MR) is 129 cm³/mol. The van der Waals surface area contributed by atoms with Crippen LogP contribution in [0.4, 0.5) is 18.9 Å². The van der Waals surface area contributed by atoms with Gasteiger partial charge in [0.15, 0.2) is 5.78 Å². The van der Waals surface area contributed by atoms with Gasteiger partial charge in [-0.1, -0.05) is 43.7 Å². The van der Waals surface area contributed by atoms with Crippen LogP contribution in [-0.2, 0) is 15.8 Å². The highest BCUT2D eigenvalue weighted by atomic mass is 19.4. The molecule has 0 amide bonds. The molecule has 1 aliphatic carbocycles. The van der Waals surface area contributed by atoms with Gasteiger partial charge < -0.3 is 10.6 Å². The van der Waals surface area contributed by atoms with Crippen LogP contribution in [-0.4, -0.2) is 36.5 Å². The normalized spacial score (nSPS) is 21.1. The van der Waals surface area contributed by atoms with Crippen LogP contribution in [0, 0.1) is 11.8 Å². The lowest BCUT2D eigenvalue weighted by Crippen LogP contribution is -2.52. The second-order valence-corrected chi connectivity index (χ2v) is 9.40. The molecule has 1 aliphatic heterocycles. The number of para-hydroxylation sites is 1. The zero-order valence-corrected chi connectivity index (χ0v) is 19.9. The molecule has 4 rings (SSSR count). The van der Waals surface area contributed by atoms with Crippen molar-refractivity contribution < 1.29 is 22.8 Å². The highest BCUT2D eigenvalue weighted by molar-refractivity contribution is 6.18. The fourth-order valence-corrected chi connectivity index (χ4v) is 4.69. The average molecular weight is 486 g/mol. The van der Waals surface area contributed by atoms with E-state index in [1.165, 1.54) is 12.1 Å². The number of likely N-dealkylation sites (N-methyl/N-ethyl adjacent to an activating group) is 1. The molecule has 0 radical (unpaired) electrons. The number of benzodiazepines with no additional fused rings is 1. The summed E-state index contributed by atoms with van der Waals surface area (Å²) in [7, 11) is 1.76. The van der Waals surface area contributed by atoms with Crippen LogP contribution < -0.4 is 10.6 Å². The number of unbranched alkanes of at least 4 members (excludes halogenated alkanes) is 1. The van der Waals surface area contributed by atoms with Crippen molar-refractivity contribution in [3.8, 4) is 0 Å². The van der Waals surface area contributed by atoms with Crippen LogP contribution in [0.1, 0.15) is 55.7 Å². The Bertz CT molecular complexity index is 1120. The number of nitrogens with two attached hydrogens (primary N) is 1. The van der Waals surface area contributed by atoms with Gasteiger partial charge in [-0.15, -0.1) is 0 Å². The molecule has 8 heteroatoms. The van der Waals surface area contributed by atoms with Crippen molar-refractivity contribution in [2.45, 2.75) is 57.4 Å². The molecule has 186 valence electrons. The molecule has 2 aliphatic rings. The Morgan fingerprint density at radius 1 is 1.11 bits per heavy atom. The molecular weight excluding hydrogens is 455 g/mol. The van der Waals surface area contributed by atoms with Gasteiger partial charge in [0.2, 0.25) is 0 Å². The second-order valence-electron chi connectivity index (χ2n) is 9.40. The molecule has 35 heavy (non-hydrogen) atoms. The van der Waals surface area contributed by atoms with Crippen LogP contribution in [0.2, 0.25) is 0 Å². The van der Waals surface area contributed by atoms with E-state index in [9.17, 15) is 22.8 Å². The fraction of sp³-hybridized carbons (Fsp3) is 0.444. The summed E-state index contributed by atoms with van der Waals surface area (Å²) < 4.78 is 39.4. The summed E-state index contributed by atoms with van der Waals surface area (Å²) >= 11 is 0. The summed E-state index contributed by atoms with van der Waals surface area (Å²) in [5.41, 5.74) is 8.02. The molecule has 1 heterocycles. The number of hydrogen-bond donors (Lipinski definition) is 1. The highest BCUT2D eigenvalue weighted by Crippen LogP contribution is 2.40. The number of alkyl halides is 3. The topological polar surface area (TPSA) is 75.8 Å². The number of nitrogens with zero attached hydrogens (tertiary/aromatic N) is 2. The summed E-state index contributed by atoms with van der Waals surface area (Å²) in [6.07, 6.45) is -1.72. The van der Waals surface area contributed by atoms with Gasteiger partial charge in [-0.2, -0.15) is 13.2 Å². The molecular formula is C27H30F3N3O2. The van der Waals surface area contributed by atoms with E-state index in [4.69, 9.17) is 10.7 Å². The van der Waals surface area contributed by atoms with Crippen LogP contribution in [0.15, 0.2) is 53.5 Å². The van der Waals surface area contributed by atoms with Crippen molar-refractivity contribution in [1.29, 1.82) is 0 Å². The third kappa shape index (κ3) is 5.17. The smallest absolute Gasteiger partial charge is 0.356 e. The highest BCUT2D eigenvalue weighted by Gasteiger charge is 2.46. The van der Waals surface area contributed by atoms with Crippen molar-refractivity contribution in [2.24, 2.45) is 22.6 Å². The lowest BCUT2D eigenvalue weighted by Gasteiger charge is -2.30. The number of hydrogen-bond acceptors (Lipinski definition) is 5. The number of aliphatic imine (C=N–C) groups is 1. The Kier molecular flexibility index (Phi) is 7.12. The summed E-state index contributed by atoms with van der Waals surface area (Å²) in [6.45, 7) is 2.00. The van der Waals surface area contributed by atoms with Crippen LogP contribution in [0.25, 0.3) is 0 Å². The van der Waals surface area contributed by atoms with Crippen molar-refractivity contribution in [3.63, 3.8) is 0 Å². The van der Waals surface area contributed by atoms with E-state index >= 15 is 0 Å². The van der Waals surface area contributed by atoms with Crippen LogP contribution >= 0.6 is 0 Å². The van der Waals surface area contributed by atoms with Crippen LogP contribution in [0.5, 0.6) is 0 Å². The second kappa shape index (κ2) is 9.93. The molecule has 1 fully saturated rings. The first-order valence-electron chi connectivity index (χ1n) is 12.0. The monoisotopic (exact) mass is 485 g/mol. The first-order valence-corrected chi connectivity index (χ1v) is 12.0. The molecule has 2 N–H and O–H groups in total. The Morgan fingerprint density at radius 3 is 2.37 bits per heavy atom. The quantitative estimate of drug-likeness (QED) is 0.534. The van der Waals surface area contributed by atoms with E-state index in [2.05, 4.69) is 0 Å². The maximum Gasteiger partial charge on any atom is 0.416 e. The zero-order chi connectivity index (χ0) is 25.3. The van der Waals surface area contributed by atoms with Crippen molar-refractivity contribution in [3.05, 3.63) is 65.2 Å². The number of anilines is 1. The van der Waals surface area contributed by atoms with E-state index in [-0.39, 0.29) is 17.5 Å². The Labute approximate surface area is 203 Å². The van der Waals surface area contributed by atoms with Gasteiger partial charge in [0, 0.05) is 30.3 Å². The molecule has 2 aromatic rings. The molecule has 3 unspecified atom stereocenters. The molecule has 0 spiro atoms. The Hall–Kier alpha value is -3.00. The number of carbonyl (C=O) groups excluding carboxylic acids is 2. The van der Waals surface area contributed by atoms with E-state index in [0.717, 1.165) is 37.8 Å². The summed E-state index contributed by atoms with van der Waals surface area (Å²) in [5.74, 6) is -1.10. The van der Waals surface area contributed by atoms with E-state index < -0.39 is 29.9 Å². The Balaban J connectivity index is 1.79. The van der Waals surface area contributed by atoms with Crippen molar-refractivity contribution in [2.75, 3.05) is 11.9 Å². The maximum atomic E-state index is 13.8. The van der Waals surface area contributed by atoms with Gasteiger partial charge in [-0.25, -0.2) is 0 Å². The first kappa shape index (κ1) is 25.1.